The zero-order valence-electron chi connectivity index (χ0n) is 19.7. The van der Waals surface area contributed by atoms with Crippen LogP contribution < -0.4 is 16.0 Å². The van der Waals surface area contributed by atoms with Gasteiger partial charge in [0.05, 0.1) is 26.5 Å². The second-order valence-electron chi connectivity index (χ2n) is 8.29. The topological polar surface area (TPSA) is 88.1 Å². The molecule has 176 valence electrons. The lowest BCUT2D eigenvalue weighted by Crippen LogP contribution is -2.41. The molecule has 8 nitrogen and oxygen atoms in total. The van der Waals surface area contributed by atoms with E-state index >= 15 is 0 Å². The molecule has 0 radical (unpaired) electrons. The van der Waals surface area contributed by atoms with E-state index in [1.807, 2.05) is 34.9 Å². The molecule has 34 heavy (non-hydrogen) atoms. The number of imidazole rings is 1. The molecule has 0 bridgehead atoms. The van der Waals surface area contributed by atoms with Gasteiger partial charge in [0, 0.05) is 17.7 Å². The summed E-state index contributed by atoms with van der Waals surface area (Å²) in [5.41, 5.74) is 1.89. The monoisotopic (exact) mass is 460 g/mol. The van der Waals surface area contributed by atoms with E-state index in [1.54, 1.807) is 24.5 Å². The summed E-state index contributed by atoms with van der Waals surface area (Å²) in [4.78, 5) is 43.6. The molecule has 0 N–H and O–H groups in total. The Kier molecular flexibility index (Phi) is 6.77. The molecule has 0 spiro atoms. The second-order valence-corrected chi connectivity index (χ2v) is 8.29. The van der Waals surface area contributed by atoms with Crippen molar-refractivity contribution in [1.29, 1.82) is 0 Å². The minimum atomic E-state index is -0.461. The average molecular weight is 461 g/mol. The van der Waals surface area contributed by atoms with Crippen molar-refractivity contribution in [2.75, 3.05) is 7.11 Å². The predicted octanol–water partition coefficient (Wildman–Crippen LogP) is 3.47. The van der Waals surface area contributed by atoms with Crippen LogP contribution in [0.3, 0.4) is 0 Å². The molecule has 0 amide bonds. The van der Waals surface area contributed by atoms with E-state index in [0.29, 0.717) is 34.6 Å². The second kappa shape index (κ2) is 9.91. The minimum Gasteiger partial charge on any atom is -0.496 e. The van der Waals surface area contributed by atoms with Crippen LogP contribution in [0.5, 0.6) is 5.75 Å². The highest BCUT2D eigenvalue weighted by Gasteiger charge is 2.20. The van der Waals surface area contributed by atoms with Crippen LogP contribution in [0.1, 0.15) is 48.2 Å². The van der Waals surface area contributed by atoms with Gasteiger partial charge in [0.2, 0.25) is 0 Å². The number of rotatable bonds is 9. The molecule has 4 aromatic rings. The first-order chi connectivity index (χ1) is 16.4. The van der Waals surface area contributed by atoms with E-state index in [0.717, 1.165) is 18.4 Å². The molecule has 4 rings (SSSR count). The average Bonchev–Trinajstić information content (AvgIpc) is 3.27. The fourth-order valence-corrected chi connectivity index (χ4v) is 4.08. The number of unbranched alkanes of at least 4 members (excludes halogenated alkanes) is 1. The Balaban J connectivity index is 1.93. The Hall–Kier alpha value is -3.94. The summed E-state index contributed by atoms with van der Waals surface area (Å²) in [5.74, 6) is 0.399. The minimum absolute atomic E-state index is 0.0222. The van der Waals surface area contributed by atoms with Gasteiger partial charge in [-0.05, 0) is 37.1 Å². The van der Waals surface area contributed by atoms with Crippen LogP contribution in [-0.4, -0.2) is 31.6 Å². The molecule has 2 heterocycles. The van der Waals surface area contributed by atoms with Crippen molar-refractivity contribution in [3.63, 3.8) is 0 Å². The van der Waals surface area contributed by atoms with Gasteiger partial charge in [0.1, 0.15) is 5.75 Å². The number of ketones is 1. The molecule has 0 aliphatic heterocycles. The zero-order chi connectivity index (χ0) is 24.2. The SMILES string of the molecule is CCCCn1cnc2c1c(=O)n(Cc1cc(C(C)=O)ccc1OC)c(=O)n2Cc1ccccc1. The van der Waals surface area contributed by atoms with Crippen LogP contribution in [0.4, 0.5) is 0 Å². The van der Waals surface area contributed by atoms with Crippen molar-refractivity contribution in [2.45, 2.75) is 46.3 Å². The molecule has 2 aromatic heterocycles. The summed E-state index contributed by atoms with van der Waals surface area (Å²) in [6, 6.07) is 14.6. The number of hydrogen-bond donors (Lipinski definition) is 0. The Morgan fingerprint density at radius 3 is 2.47 bits per heavy atom. The highest BCUT2D eigenvalue weighted by atomic mass is 16.5. The van der Waals surface area contributed by atoms with E-state index in [1.165, 1.54) is 23.2 Å². The van der Waals surface area contributed by atoms with Gasteiger partial charge in [0.25, 0.3) is 5.56 Å². The lowest BCUT2D eigenvalue weighted by molar-refractivity contribution is 0.101. The van der Waals surface area contributed by atoms with Gasteiger partial charge in [-0.2, -0.15) is 0 Å². The van der Waals surface area contributed by atoms with Crippen LogP contribution in [0, 0.1) is 0 Å². The molecule has 8 heteroatoms. The Bertz CT molecular complexity index is 1450. The lowest BCUT2D eigenvalue weighted by Gasteiger charge is -2.15. The van der Waals surface area contributed by atoms with Crippen LogP contribution in [0.15, 0.2) is 64.4 Å². The number of ether oxygens (including phenoxy) is 1. The quantitative estimate of drug-likeness (QED) is 0.357. The number of hydrogen-bond acceptors (Lipinski definition) is 5. The van der Waals surface area contributed by atoms with Crippen LogP contribution in [0.2, 0.25) is 0 Å². The number of aromatic nitrogens is 4. The normalized spacial score (nSPS) is 11.1. The number of methoxy groups -OCH3 is 1. The molecular weight excluding hydrogens is 432 g/mol. The summed E-state index contributed by atoms with van der Waals surface area (Å²) in [7, 11) is 1.52. The van der Waals surface area contributed by atoms with Gasteiger partial charge in [0.15, 0.2) is 16.9 Å². The molecule has 0 saturated carbocycles. The summed E-state index contributed by atoms with van der Waals surface area (Å²) in [5, 5.41) is 0. The number of carbonyl (C=O) groups is 1. The van der Waals surface area contributed by atoms with Crippen molar-refractivity contribution in [1.82, 2.24) is 18.7 Å². The first-order valence-electron chi connectivity index (χ1n) is 11.3. The molecule has 0 unspecified atom stereocenters. The van der Waals surface area contributed by atoms with Gasteiger partial charge in [-0.1, -0.05) is 43.7 Å². The van der Waals surface area contributed by atoms with Crippen molar-refractivity contribution in [3.8, 4) is 5.75 Å². The number of benzene rings is 2. The number of carbonyl (C=O) groups excluding carboxylic acids is 1. The Morgan fingerprint density at radius 1 is 1.03 bits per heavy atom. The van der Waals surface area contributed by atoms with Crippen LogP contribution >= 0.6 is 0 Å². The fourth-order valence-electron chi connectivity index (χ4n) is 4.08. The maximum absolute atomic E-state index is 13.6. The third kappa shape index (κ3) is 4.44. The van der Waals surface area contributed by atoms with Gasteiger partial charge >= 0.3 is 5.69 Å². The number of nitrogens with zero attached hydrogens (tertiary/aromatic N) is 4. The molecule has 0 atom stereocenters. The van der Waals surface area contributed by atoms with Gasteiger partial charge < -0.3 is 9.30 Å². The Labute approximate surface area is 197 Å². The van der Waals surface area contributed by atoms with Crippen LogP contribution in [0.25, 0.3) is 11.2 Å². The third-order valence-electron chi connectivity index (χ3n) is 5.94. The maximum atomic E-state index is 13.6. The van der Waals surface area contributed by atoms with Crippen LogP contribution in [-0.2, 0) is 19.6 Å². The number of Topliss-reactive ketones (excluding diaryl/α,β-unsaturated/α-hetero) is 1. The lowest BCUT2D eigenvalue weighted by atomic mass is 10.1. The van der Waals surface area contributed by atoms with E-state index in [2.05, 4.69) is 11.9 Å². The molecule has 0 saturated heterocycles. The molecule has 0 fully saturated rings. The molecular formula is C26H28N4O4. The van der Waals surface area contributed by atoms with Gasteiger partial charge in [-0.25, -0.2) is 9.78 Å². The molecule has 0 aliphatic carbocycles. The van der Waals surface area contributed by atoms with Crippen molar-refractivity contribution in [2.24, 2.45) is 0 Å². The predicted molar refractivity (Wildman–Crippen MR) is 131 cm³/mol. The summed E-state index contributed by atoms with van der Waals surface area (Å²) < 4.78 is 10.0. The van der Waals surface area contributed by atoms with E-state index < -0.39 is 11.2 Å². The van der Waals surface area contributed by atoms with E-state index in [4.69, 9.17) is 4.74 Å². The number of fused-ring (bicyclic) bond motifs is 1. The molecule has 2 aromatic carbocycles. The molecule has 0 aliphatic rings. The van der Waals surface area contributed by atoms with Crippen molar-refractivity contribution < 1.29 is 9.53 Å². The smallest absolute Gasteiger partial charge is 0.333 e. The largest absolute Gasteiger partial charge is 0.496 e. The first kappa shape index (κ1) is 23.2. The first-order valence-corrected chi connectivity index (χ1v) is 11.3. The zero-order valence-corrected chi connectivity index (χ0v) is 19.7. The highest BCUT2D eigenvalue weighted by molar-refractivity contribution is 5.94. The third-order valence-corrected chi connectivity index (χ3v) is 5.94. The fraction of sp³-hybridized carbons (Fsp3) is 0.308. The Morgan fingerprint density at radius 2 is 1.79 bits per heavy atom. The van der Waals surface area contributed by atoms with Crippen molar-refractivity contribution in [3.05, 3.63) is 92.4 Å². The summed E-state index contributed by atoms with van der Waals surface area (Å²) in [6.45, 7) is 4.45. The highest BCUT2D eigenvalue weighted by Crippen LogP contribution is 2.21. The summed E-state index contributed by atoms with van der Waals surface area (Å²) in [6.07, 6.45) is 3.48. The van der Waals surface area contributed by atoms with E-state index in [-0.39, 0.29) is 18.9 Å². The van der Waals surface area contributed by atoms with Crippen molar-refractivity contribution >= 4 is 16.9 Å². The number of aryl methyl sites for hydroxylation is 1. The maximum Gasteiger partial charge on any atom is 0.333 e. The standard InChI is InChI=1S/C26H28N4O4/c1-4-5-13-28-17-27-24-23(28)25(32)30(26(33)29(24)15-19-9-7-6-8-10-19)16-21-14-20(18(2)31)11-12-22(21)34-3/h6-12,14,17H,4-5,13,15-16H2,1-3H3. The van der Waals surface area contributed by atoms with Gasteiger partial charge in [-0.3, -0.25) is 18.7 Å². The summed E-state index contributed by atoms with van der Waals surface area (Å²) >= 11 is 0. The van der Waals surface area contributed by atoms with Gasteiger partial charge in [-0.15, -0.1) is 0 Å². The van der Waals surface area contributed by atoms with E-state index in [9.17, 15) is 14.4 Å².